The fraction of sp³-hybridized carbons (Fsp3) is 0.438. The minimum Gasteiger partial charge on any atom is -0.481 e. The van der Waals surface area contributed by atoms with Crippen LogP contribution in [-0.4, -0.2) is 24.2 Å². The van der Waals surface area contributed by atoms with Gasteiger partial charge in [-0.15, -0.1) is 6.42 Å². The summed E-state index contributed by atoms with van der Waals surface area (Å²) in [6, 6.07) is 9.54. The lowest BCUT2D eigenvalue weighted by molar-refractivity contribution is -0.144. The Morgan fingerprint density at radius 3 is 2.68 bits per heavy atom. The van der Waals surface area contributed by atoms with Gasteiger partial charge in [0.15, 0.2) is 0 Å². The maximum atomic E-state index is 11.6. The number of aliphatic carboxylic acids is 1. The summed E-state index contributed by atoms with van der Waals surface area (Å²) in [6.45, 7) is 1.71. The van der Waals surface area contributed by atoms with E-state index in [2.05, 4.69) is 11.2 Å². The number of hydrogen-bond acceptors (Lipinski definition) is 2. The second-order valence-electron chi connectivity index (χ2n) is 5.03. The van der Waals surface area contributed by atoms with Crippen molar-refractivity contribution in [2.45, 2.75) is 18.8 Å². The normalized spacial score (nSPS) is 22.2. The number of nitrogens with one attached hydrogen (secondary N) is 1. The van der Waals surface area contributed by atoms with E-state index < -0.39 is 11.9 Å². The summed E-state index contributed by atoms with van der Waals surface area (Å²) >= 11 is 0. The van der Waals surface area contributed by atoms with Crippen LogP contribution in [-0.2, 0) is 4.79 Å². The summed E-state index contributed by atoms with van der Waals surface area (Å²) < 4.78 is 0. The summed E-state index contributed by atoms with van der Waals surface area (Å²) in [4.78, 5) is 11.6. The molecule has 1 fully saturated rings. The van der Waals surface area contributed by atoms with Crippen LogP contribution in [0.25, 0.3) is 0 Å². The summed E-state index contributed by atoms with van der Waals surface area (Å²) in [7, 11) is 0. The predicted molar refractivity (Wildman–Crippen MR) is 74.7 cm³/mol. The minimum atomic E-state index is -0.791. The van der Waals surface area contributed by atoms with Gasteiger partial charge in [-0.3, -0.25) is 4.79 Å². The second-order valence-corrected chi connectivity index (χ2v) is 5.03. The van der Waals surface area contributed by atoms with Gasteiger partial charge < -0.3 is 10.4 Å². The maximum absolute atomic E-state index is 11.6. The minimum absolute atomic E-state index is 0.104. The van der Waals surface area contributed by atoms with Crippen molar-refractivity contribution in [3.05, 3.63) is 35.9 Å². The molecular formula is C16H19NO2. The van der Waals surface area contributed by atoms with E-state index in [1.165, 1.54) is 0 Å². The molecule has 1 aliphatic heterocycles. The Hall–Kier alpha value is -1.79. The summed E-state index contributed by atoms with van der Waals surface area (Å²) in [5, 5.41) is 12.8. The summed E-state index contributed by atoms with van der Waals surface area (Å²) in [5.74, 6) is 1.13. The molecule has 0 bridgehead atoms. The first-order valence-corrected chi connectivity index (χ1v) is 6.68. The van der Waals surface area contributed by atoms with Crippen molar-refractivity contribution in [3.63, 3.8) is 0 Å². The standard InChI is InChI=1S/C16H19NO2/c1-2-14(12-7-4-3-5-8-12)15(16(18)19)13-9-6-10-17-11-13/h1,3-5,7-8,13-15,17H,6,9-11H2,(H,18,19). The van der Waals surface area contributed by atoms with Crippen molar-refractivity contribution >= 4 is 5.97 Å². The number of carboxylic acid groups (broad SMARTS) is 1. The molecule has 1 aromatic carbocycles. The van der Waals surface area contributed by atoms with E-state index in [9.17, 15) is 9.90 Å². The van der Waals surface area contributed by atoms with Crippen LogP contribution in [0.4, 0.5) is 0 Å². The van der Waals surface area contributed by atoms with Gasteiger partial charge >= 0.3 is 5.97 Å². The van der Waals surface area contributed by atoms with E-state index in [0.717, 1.165) is 31.5 Å². The van der Waals surface area contributed by atoms with E-state index in [1.54, 1.807) is 0 Å². The van der Waals surface area contributed by atoms with Gasteiger partial charge in [0.25, 0.3) is 0 Å². The molecular weight excluding hydrogens is 238 g/mol. The molecule has 3 heteroatoms. The van der Waals surface area contributed by atoms with Crippen molar-refractivity contribution in [1.29, 1.82) is 0 Å². The molecule has 3 unspecified atom stereocenters. The molecule has 2 N–H and O–H groups in total. The van der Waals surface area contributed by atoms with Gasteiger partial charge in [0.05, 0.1) is 11.8 Å². The third-order valence-corrected chi connectivity index (χ3v) is 3.83. The number of benzene rings is 1. The van der Waals surface area contributed by atoms with Crippen molar-refractivity contribution in [2.24, 2.45) is 11.8 Å². The van der Waals surface area contributed by atoms with Crippen LogP contribution >= 0.6 is 0 Å². The molecule has 2 rings (SSSR count). The van der Waals surface area contributed by atoms with Crippen LogP contribution in [0.1, 0.15) is 24.3 Å². The Balaban J connectivity index is 2.26. The van der Waals surface area contributed by atoms with Gasteiger partial charge in [0, 0.05) is 0 Å². The highest BCUT2D eigenvalue weighted by molar-refractivity contribution is 5.72. The molecule has 1 heterocycles. The molecule has 1 saturated heterocycles. The number of piperidine rings is 1. The molecule has 0 saturated carbocycles. The van der Waals surface area contributed by atoms with Gasteiger partial charge in [0.2, 0.25) is 0 Å². The van der Waals surface area contributed by atoms with E-state index in [4.69, 9.17) is 6.42 Å². The number of hydrogen-bond donors (Lipinski definition) is 2. The largest absolute Gasteiger partial charge is 0.481 e. The third-order valence-electron chi connectivity index (χ3n) is 3.83. The van der Waals surface area contributed by atoms with Gasteiger partial charge in [-0.05, 0) is 37.4 Å². The monoisotopic (exact) mass is 257 g/mol. The average molecular weight is 257 g/mol. The first-order chi connectivity index (χ1) is 9.24. The predicted octanol–water partition coefficient (Wildman–Crippen LogP) is 2.10. The first-order valence-electron chi connectivity index (χ1n) is 6.68. The Labute approximate surface area is 114 Å². The van der Waals surface area contributed by atoms with Gasteiger partial charge in [-0.2, -0.15) is 0 Å². The van der Waals surface area contributed by atoms with Crippen LogP contribution in [0.2, 0.25) is 0 Å². The zero-order valence-corrected chi connectivity index (χ0v) is 10.9. The molecule has 1 aliphatic rings. The van der Waals surface area contributed by atoms with Crippen LogP contribution in [0.3, 0.4) is 0 Å². The molecule has 0 aliphatic carbocycles. The topological polar surface area (TPSA) is 49.3 Å². The Bertz CT molecular complexity index is 457. The molecule has 1 aromatic rings. The summed E-state index contributed by atoms with van der Waals surface area (Å²) in [6.07, 6.45) is 7.56. The highest BCUT2D eigenvalue weighted by Crippen LogP contribution is 2.33. The smallest absolute Gasteiger partial charge is 0.308 e. The maximum Gasteiger partial charge on any atom is 0.308 e. The molecule has 0 aromatic heterocycles. The first kappa shape index (κ1) is 13.6. The molecule has 0 amide bonds. The fourth-order valence-corrected chi connectivity index (χ4v) is 2.87. The third kappa shape index (κ3) is 3.15. The highest BCUT2D eigenvalue weighted by atomic mass is 16.4. The van der Waals surface area contributed by atoms with E-state index >= 15 is 0 Å². The van der Waals surface area contributed by atoms with E-state index in [-0.39, 0.29) is 11.8 Å². The van der Waals surface area contributed by atoms with Crippen LogP contribution in [0.15, 0.2) is 30.3 Å². The van der Waals surface area contributed by atoms with Crippen molar-refractivity contribution < 1.29 is 9.90 Å². The Kier molecular flexibility index (Phi) is 4.59. The highest BCUT2D eigenvalue weighted by Gasteiger charge is 2.35. The average Bonchev–Trinajstić information content (AvgIpc) is 2.46. The molecule has 0 radical (unpaired) electrons. The lowest BCUT2D eigenvalue weighted by Crippen LogP contribution is -2.39. The van der Waals surface area contributed by atoms with Crippen LogP contribution in [0.5, 0.6) is 0 Å². The number of carbonyl (C=O) groups is 1. The van der Waals surface area contributed by atoms with Crippen molar-refractivity contribution in [1.82, 2.24) is 5.32 Å². The van der Waals surface area contributed by atoms with Gasteiger partial charge in [-0.25, -0.2) is 0 Å². The number of terminal acetylenes is 1. The molecule has 100 valence electrons. The Morgan fingerprint density at radius 2 is 2.16 bits per heavy atom. The van der Waals surface area contributed by atoms with E-state index in [1.807, 2.05) is 30.3 Å². The zero-order chi connectivity index (χ0) is 13.7. The van der Waals surface area contributed by atoms with Crippen LogP contribution < -0.4 is 5.32 Å². The van der Waals surface area contributed by atoms with Crippen molar-refractivity contribution in [2.75, 3.05) is 13.1 Å². The summed E-state index contributed by atoms with van der Waals surface area (Å²) in [5.41, 5.74) is 0.919. The number of carboxylic acids is 1. The Morgan fingerprint density at radius 1 is 1.42 bits per heavy atom. The second kappa shape index (κ2) is 6.40. The quantitative estimate of drug-likeness (QED) is 0.812. The SMILES string of the molecule is C#CC(c1ccccc1)C(C(=O)O)C1CCCNC1. The lowest BCUT2D eigenvalue weighted by Gasteiger charge is -2.31. The zero-order valence-electron chi connectivity index (χ0n) is 10.9. The molecule has 3 atom stereocenters. The lowest BCUT2D eigenvalue weighted by atomic mass is 9.75. The fourth-order valence-electron chi connectivity index (χ4n) is 2.87. The molecule has 3 nitrogen and oxygen atoms in total. The molecule has 19 heavy (non-hydrogen) atoms. The van der Waals surface area contributed by atoms with E-state index in [0.29, 0.717) is 0 Å². The van der Waals surface area contributed by atoms with Crippen LogP contribution in [0, 0.1) is 24.2 Å². The van der Waals surface area contributed by atoms with Gasteiger partial charge in [0.1, 0.15) is 0 Å². The number of rotatable bonds is 4. The molecule has 0 spiro atoms. The van der Waals surface area contributed by atoms with Crippen molar-refractivity contribution in [3.8, 4) is 12.3 Å². The van der Waals surface area contributed by atoms with Gasteiger partial charge in [-0.1, -0.05) is 36.3 Å².